The van der Waals surface area contributed by atoms with Crippen molar-refractivity contribution >= 4 is 27.5 Å². The van der Waals surface area contributed by atoms with Crippen LogP contribution in [0.5, 0.6) is 0 Å². The summed E-state index contributed by atoms with van der Waals surface area (Å²) in [6.45, 7) is 1.90. The highest BCUT2D eigenvalue weighted by Crippen LogP contribution is 2.35. The van der Waals surface area contributed by atoms with Crippen LogP contribution in [0.4, 0.5) is 0 Å². The number of rotatable bonds is 4. The number of hydrogen-bond acceptors (Lipinski definition) is 5. The van der Waals surface area contributed by atoms with E-state index in [9.17, 15) is 9.59 Å². The van der Waals surface area contributed by atoms with Crippen molar-refractivity contribution in [3.05, 3.63) is 51.9 Å². The van der Waals surface area contributed by atoms with Gasteiger partial charge >= 0.3 is 5.97 Å². The number of aryl methyl sites for hydroxylation is 1. The first-order valence-corrected chi connectivity index (χ1v) is 9.68. The van der Waals surface area contributed by atoms with Crippen molar-refractivity contribution in [1.29, 1.82) is 0 Å². The van der Waals surface area contributed by atoms with Crippen molar-refractivity contribution in [3.63, 3.8) is 0 Å². The highest BCUT2D eigenvalue weighted by atomic mass is 32.1. The fraction of sp³-hybridized carbons (Fsp3) is 0.350. The number of benzene rings is 1. The Morgan fingerprint density at radius 2 is 2.00 bits per heavy atom. The molecule has 0 saturated heterocycles. The van der Waals surface area contributed by atoms with Crippen LogP contribution in [0.15, 0.2) is 41.5 Å². The SMILES string of the molecule is Cc1sc2ncn(CC(=O)OC3CCCC3)c(=O)c2c1-c1ccccc1. The molecule has 1 aromatic carbocycles. The fourth-order valence-electron chi connectivity index (χ4n) is 3.57. The van der Waals surface area contributed by atoms with Gasteiger partial charge < -0.3 is 4.74 Å². The van der Waals surface area contributed by atoms with Crippen LogP contribution < -0.4 is 5.56 Å². The van der Waals surface area contributed by atoms with Gasteiger partial charge in [0.1, 0.15) is 17.5 Å². The second-order valence-electron chi connectivity index (χ2n) is 6.65. The number of thiophene rings is 1. The summed E-state index contributed by atoms with van der Waals surface area (Å²) in [5, 5.41) is 0.579. The average molecular weight is 368 g/mol. The van der Waals surface area contributed by atoms with Crippen molar-refractivity contribution in [2.75, 3.05) is 0 Å². The first-order valence-electron chi connectivity index (χ1n) is 8.87. The van der Waals surface area contributed by atoms with Crippen LogP contribution in [-0.2, 0) is 16.1 Å². The maximum Gasteiger partial charge on any atom is 0.326 e. The van der Waals surface area contributed by atoms with E-state index in [2.05, 4.69) is 4.98 Å². The lowest BCUT2D eigenvalue weighted by atomic mass is 10.0. The molecule has 2 aromatic heterocycles. The van der Waals surface area contributed by atoms with Crippen LogP contribution in [0, 0.1) is 6.92 Å². The van der Waals surface area contributed by atoms with Crippen molar-refractivity contribution < 1.29 is 9.53 Å². The monoisotopic (exact) mass is 368 g/mol. The van der Waals surface area contributed by atoms with E-state index in [0.717, 1.165) is 41.7 Å². The lowest BCUT2D eigenvalue weighted by molar-refractivity contribution is -0.149. The summed E-state index contributed by atoms with van der Waals surface area (Å²) in [6.07, 6.45) is 5.48. The zero-order valence-corrected chi connectivity index (χ0v) is 15.4. The number of esters is 1. The third-order valence-electron chi connectivity index (χ3n) is 4.82. The summed E-state index contributed by atoms with van der Waals surface area (Å²) in [4.78, 5) is 31.4. The quantitative estimate of drug-likeness (QED) is 0.655. The van der Waals surface area contributed by atoms with Crippen molar-refractivity contribution in [1.82, 2.24) is 9.55 Å². The van der Waals surface area contributed by atoms with Crippen molar-refractivity contribution in [2.45, 2.75) is 45.3 Å². The van der Waals surface area contributed by atoms with E-state index >= 15 is 0 Å². The molecule has 6 heteroatoms. The molecule has 1 fully saturated rings. The summed E-state index contributed by atoms with van der Waals surface area (Å²) < 4.78 is 6.84. The molecule has 0 aliphatic heterocycles. The molecular formula is C20H20N2O3S. The number of hydrogen-bond donors (Lipinski definition) is 0. The maximum atomic E-state index is 13.0. The van der Waals surface area contributed by atoms with Crippen LogP contribution in [0.25, 0.3) is 21.3 Å². The standard InChI is InChI=1S/C20H20N2O3S/c1-13-17(14-7-3-2-4-8-14)18-19(26-13)21-12-22(20(18)24)11-16(23)25-15-9-5-6-10-15/h2-4,7-8,12,15H,5-6,9-11H2,1H3. The van der Waals surface area contributed by atoms with Gasteiger partial charge in [-0.15, -0.1) is 11.3 Å². The second-order valence-corrected chi connectivity index (χ2v) is 7.86. The van der Waals surface area contributed by atoms with Gasteiger partial charge in [-0.05, 0) is 38.2 Å². The van der Waals surface area contributed by atoms with Crippen LogP contribution in [0.1, 0.15) is 30.6 Å². The Morgan fingerprint density at radius 3 is 2.73 bits per heavy atom. The number of aromatic nitrogens is 2. The van der Waals surface area contributed by atoms with Crippen molar-refractivity contribution in [3.8, 4) is 11.1 Å². The summed E-state index contributed by atoms with van der Waals surface area (Å²) in [7, 11) is 0. The van der Waals surface area contributed by atoms with Crippen LogP contribution in [-0.4, -0.2) is 21.6 Å². The molecule has 0 amide bonds. The van der Waals surface area contributed by atoms with E-state index in [1.807, 2.05) is 37.3 Å². The van der Waals surface area contributed by atoms with Gasteiger partial charge in [0.25, 0.3) is 5.56 Å². The molecule has 0 unspecified atom stereocenters. The highest BCUT2D eigenvalue weighted by molar-refractivity contribution is 7.19. The average Bonchev–Trinajstić information content (AvgIpc) is 3.25. The van der Waals surface area contributed by atoms with E-state index in [1.54, 1.807) is 0 Å². The zero-order valence-electron chi connectivity index (χ0n) is 14.6. The summed E-state index contributed by atoms with van der Waals surface area (Å²) in [6, 6.07) is 9.82. The Morgan fingerprint density at radius 1 is 1.27 bits per heavy atom. The fourth-order valence-corrected chi connectivity index (χ4v) is 4.57. The van der Waals surface area contributed by atoms with Gasteiger partial charge in [0, 0.05) is 10.4 Å². The molecule has 134 valence electrons. The minimum Gasteiger partial charge on any atom is -0.461 e. The third kappa shape index (κ3) is 3.17. The van der Waals surface area contributed by atoms with E-state index in [-0.39, 0.29) is 24.2 Å². The van der Waals surface area contributed by atoms with E-state index in [1.165, 1.54) is 22.2 Å². The third-order valence-corrected chi connectivity index (χ3v) is 5.83. The molecule has 1 aliphatic rings. The summed E-state index contributed by atoms with van der Waals surface area (Å²) >= 11 is 1.50. The van der Waals surface area contributed by atoms with Gasteiger partial charge in [-0.2, -0.15) is 0 Å². The van der Waals surface area contributed by atoms with Gasteiger partial charge in [0.2, 0.25) is 0 Å². The molecule has 2 heterocycles. The minimum atomic E-state index is -0.367. The lowest BCUT2D eigenvalue weighted by Gasteiger charge is -2.12. The summed E-state index contributed by atoms with van der Waals surface area (Å²) in [5.41, 5.74) is 1.70. The second kappa shape index (κ2) is 7.03. The molecule has 0 radical (unpaired) electrons. The van der Waals surface area contributed by atoms with Gasteiger partial charge in [0.15, 0.2) is 0 Å². The molecule has 26 heavy (non-hydrogen) atoms. The van der Waals surface area contributed by atoms with Gasteiger partial charge in [-0.1, -0.05) is 30.3 Å². The smallest absolute Gasteiger partial charge is 0.326 e. The molecule has 0 N–H and O–H groups in total. The van der Waals surface area contributed by atoms with E-state index in [4.69, 9.17) is 4.74 Å². The molecule has 0 atom stereocenters. The Bertz CT molecular complexity index is 1000. The van der Waals surface area contributed by atoms with Crippen molar-refractivity contribution in [2.24, 2.45) is 0 Å². The molecule has 0 spiro atoms. The number of carbonyl (C=O) groups excluding carboxylic acids is 1. The molecule has 3 aromatic rings. The lowest BCUT2D eigenvalue weighted by Crippen LogP contribution is -2.27. The first-order chi connectivity index (χ1) is 12.6. The maximum absolute atomic E-state index is 13.0. The Hall–Kier alpha value is -2.47. The van der Waals surface area contributed by atoms with Crippen LogP contribution >= 0.6 is 11.3 Å². The molecule has 5 nitrogen and oxygen atoms in total. The Labute approximate surface area is 155 Å². The van der Waals surface area contributed by atoms with E-state index in [0.29, 0.717) is 10.2 Å². The van der Waals surface area contributed by atoms with E-state index < -0.39 is 0 Å². The highest BCUT2D eigenvalue weighted by Gasteiger charge is 2.21. The molecule has 0 bridgehead atoms. The predicted octanol–water partition coefficient (Wildman–Crippen LogP) is 3.92. The number of nitrogens with zero attached hydrogens (tertiary/aromatic N) is 2. The molecule has 1 saturated carbocycles. The largest absolute Gasteiger partial charge is 0.461 e. The normalized spacial score (nSPS) is 14.8. The molecule has 4 rings (SSSR count). The predicted molar refractivity (Wildman–Crippen MR) is 102 cm³/mol. The van der Waals surface area contributed by atoms with Crippen LogP contribution in [0.2, 0.25) is 0 Å². The van der Waals surface area contributed by atoms with Gasteiger partial charge in [0.05, 0.1) is 11.7 Å². The Balaban J connectivity index is 1.70. The van der Waals surface area contributed by atoms with Gasteiger partial charge in [-0.3, -0.25) is 14.2 Å². The zero-order chi connectivity index (χ0) is 18.1. The number of ether oxygens (including phenoxy) is 1. The van der Waals surface area contributed by atoms with Gasteiger partial charge in [-0.25, -0.2) is 4.98 Å². The Kier molecular flexibility index (Phi) is 4.59. The molecule has 1 aliphatic carbocycles. The number of fused-ring (bicyclic) bond motifs is 1. The number of carbonyl (C=O) groups is 1. The molecular weight excluding hydrogens is 348 g/mol. The van der Waals surface area contributed by atoms with Crippen LogP contribution in [0.3, 0.4) is 0 Å². The minimum absolute atomic E-state index is 0.00170. The summed E-state index contributed by atoms with van der Waals surface area (Å²) in [5.74, 6) is -0.367. The first kappa shape index (κ1) is 17.0. The topological polar surface area (TPSA) is 61.2 Å².